The van der Waals surface area contributed by atoms with Gasteiger partial charge in [-0.05, 0) is 43.0 Å². The zero-order chi connectivity index (χ0) is 20.2. The molecule has 29 heavy (non-hydrogen) atoms. The Hall–Kier alpha value is -2.06. The molecule has 0 aromatic heterocycles. The van der Waals surface area contributed by atoms with E-state index in [2.05, 4.69) is 5.32 Å². The molecule has 8 heteroatoms. The first-order valence-electron chi connectivity index (χ1n) is 10.0. The molecule has 0 bridgehead atoms. The SMILES string of the molecule is O=C(CCCN1C(=O)C(=Cc2ccc3c(c2)OCO3)SC1=S)NC1CCCCC1. The Morgan fingerprint density at radius 2 is 2.03 bits per heavy atom. The maximum atomic E-state index is 12.7. The molecule has 3 aliphatic rings. The number of carbonyl (C=O) groups excluding carboxylic acids is 2. The third-order valence-corrected chi connectivity index (χ3v) is 6.70. The normalized spacial score (nSPS) is 20.6. The van der Waals surface area contributed by atoms with E-state index >= 15 is 0 Å². The van der Waals surface area contributed by atoms with E-state index in [-0.39, 0.29) is 18.6 Å². The second-order valence-electron chi connectivity index (χ2n) is 7.45. The fourth-order valence-electron chi connectivity index (χ4n) is 3.79. The number of rotatable bonds is 6. The van der Waals surface area contributed by atoms with Crippen LogP contribution >= 0.6 is 24.0 Å². The van der Waals surface area contributed by atoms with Gasteiger partial charge in [-0.2, -0.15) is 0 Å². The van der Waals surface area contributed by atoms with Crippen LogP contribution in [-0.4, -0.2) is 40.4 Å². The van der Waals surface area contributed by atoms with Gasteiger partial charge >= 0.3 is 0 Å². The monoisotopic (exact) mass is 432 g/mol. The van der Waals surface area contributed by atoms with E-state index < -0.39 is 0 Å². The van der Waals surface area contributed by atoms with Crippen molar-refractivity contribution in [3.63, 3.8) is 0 Å². The number of thiocarbonyl (C=S) groups is 1. The summed E-state index contributed by atoms with van der Waals surface area (Å²) in [5.74, 6) is 1.35. The van der Waals surface area contributed by atoms with Crippen LogP contribution in [0.25, 0.3) is 6.08 Å². The van der Waals surface area contributed by atoms with Gasteiger partial charge in [0.05, 0.1) is 4.91 Å². The smallest absolute Gasteiger partial charge is 0.266 e. The minimum Gasteiger partial charge on any atom is -0.454 e. The number of hydrogen-bond acceptors (Lipinski definition) is 6. The summed E-state index contributed by atoms with van der Waals surface area (Å²) in [6.07, 6.45) is 8.62. The zero-order valence-electron chi connectivity index (χ0n) is 16.1. The summed E-state index contributed by atoms with van der Waals surface area (Å²) in [6.45, 7) is 0.677. The van der Waals surface area contributed by atoms with Crippen LogP contribution in [-0.2, 0) is 9.59 Å². The highest BCUT2D eigenvalue weighted by Gasteiger charge is 2.31. The van der Waals surface area contributed by atoms with Gasteiger partial charge in [0.15, 0.2) is 11.5 Å². The van der Waals surface area contributed by atoms with E-state index in [1.54, 1.807) is 4.90 Å². The molecule has 0 atom stereocenters. The number of nitrogens with one attached hydrogen (secondary N) is 1. The van der Waals surface area contributed by atoms with Crippen LogP contribution in [0.4, 0.5) is 0 Å². The predicted molar refractivity (Wildman–Crippen MR) is 117 cm³/mol. The van der Waals surface area contributed by atoms with Crippen LogP contribution in [0.3, 0.4) is 0 Å². The molecular formula is C21H24N2O4S2. The molecule has 1 N–H and O–H groups in total. The lowest BCUT2D eigenvalue weighted by Gasteiger charge is -2.23. The van der Waals surface area contributed by atoms with Gasteiger partial charge in [0.1, 0.15) is 4.32 Å². The molecule has 1 saturated carbocycles. The van der Waals surface area contributed by atoms with Gasteiger partial charge in [-0.15, -0.1) is 0 Å². The van der Waals surface area contributed by atoms with Crippen molar-refractivity contribution in [3.05, 3.63) is 28.7 Å². The van der Waals surface area contributed by atoms with Gasteiger partial charge < -0.3 is 14.8 Å². The van der Waals surface area contributed by atoms with Crippen LogP contribution in [0.15, 0.2) is 23.1 Å². The number of thioether (sulfide) groups is 1. The van der Waals surface area contributed by atoms with Crippen LogP contribution in [0.2, 0.25) is 0 Å². The molecule has 1 aliphatic carbocycles. The Bertz CT molecular complexity index is 849. The van der Waals surface area contributed by atoms with E-state index in [1.165, 1.54) is 31.0 Å². The quantitative estimate of drug-likeness (QED) is 0.544. The van der Waals surface area contributed by atoms with E-state index in [4.69, 9.17) is 21.7 Å². The third-order valence-electron chi connectivity index (χ3n) is 5.32. The van der Waals surface area contributed by atoms with Crippen LogP contribution in [0, 0.1) is 0 Å². The summed E-state index contributed by atoms with van der Waals surface area (Å²) in [5, 5.41) is 3.11. The lowest BCUT2D eigenvalue weighted by molar-refractivity contribution is -0.124. The Morgan fingerprint density at radius 1 is 1.24 bits per heavy atom. The molecule has 1 saturated heterocycles. The van der Waals surface area contributed by atoms with Crippen LogP contribution in [0.5, 0.6) is 11.5 Å². The van der Waals surface area contributed by atoms with E-state index in [0.29, 0.717) is 46.2 Å². The largest absolute Gasteiger partial charge is 0.454 e. The molecule has 4 rings (SSSR count). The maximum absolute atomic E-state index is 12.7. The van der Waals surface area contributed by atoms with Crippen molar-refractivity contribution in [2.75, 3.05) is 13.3 Å². The Labute approximate surface area is 180 Å². The standard InChI is InChI=1S/C21H24N2O4S2/c24-19(22-15-5-2-1-3-6-15)7-4-10-23-20(25)18(29-21(23)28)12-14-8-9-16-17(11-14)27-13-26-16/h8-9,11-12,15H,1-7,10,13H2,(H,22,24). The maximum Gasteiger partial charge on any atom is 0.266 e. The fourth-order valence-corrected chi connectivity index (χ4v) is 5.10. The minimum absolute atomic E-state index is 0.0678. The average Bonchev–Trinajstić information content (AvgIpc) is 3.28. The molecule has 154 valence electrons. The molecular weight excluding hydrogens is 408 g/mol. The summed E-state index contributed by atoms with van der Waals surface area (Å²) in [4.78, 5) is 27.1. The number of carbonyl (C=O) groups is 2. The van der Waals surface area contributed by atoms with Gasteiger partial charge in [-0.25, -0.2) is 0 Å². The van der Waals surface area contributed by atoms with Gasteiger partial charge in [0.25, 0.3) is 5.91 Å². The summed E-state index contributed by atoms with van der Waals surface area (Å²) in [7, 11) is 0. The van der Waals surface area contributed by atoms with Gasteiger partial charge in [0.2, 0.25) is 12.7 Å². The van der Waals surface area contributed by atoms with Crippen molar-refractivity contribution >= 4 is 46.2 Å². The van der Waals surface area contributed by atoms with E-state index in [1.807, 2.05) is 24.3 Å². The molecule has 2 heterocycles. The van der Waals surface area contributed by atoms with Gasteiger partial charge in [0, 0.05) is 19.0 Å². The van der Waals surface area contributed by atoms with Crippen molar-refractivity contribution in [1.82, 2.24) is 10.2 Å². The van der Waals surface area contributed by atoms with Gasteiger partial charge in [-0.3, -0.25) is 14.5 Å². The third kappa shape index (κ3) is 4.93. The van der Waals surface area contributed by atoms with Crippen LogP contribution in [0.1, 0.15) is 50.5 Å². The number of fused-ring (bicyclic) bond motifs is 1. The molecule has 2 amide bonds. The molecule has 2 aliphatic heterocycles. The Kier molecular flexibility index (Phi) is 6.40. The predicted octanol–water partition coefficient (Wildman–Crippen LogP) is 3.85. The first kappa shape index (κ1) is 20.2. The van der Waals surface area contributed by atoms with Gasteiger partial charge in [-0.1, -0.05) is 49.3 Å². The number of nitrogens with zero attached hydrogens (tertiary/aromatic N) is 1. The van der Waals surface area contributed by atoms with Crippen molar-refractivity contribution < 1.29 is 19.1 Å². The topological polar surface area (TPSA) is 67.9 Å². The number of ether oxygens (including phenoxy) is 2. The molecule has 0 spiro atoms. The van der Waals surface area contributed by atoms with Crippen molar-refractivity contribution in [2.24, 2.45) is 0 Å². The lowest BCUT2D eigenvalue weighted by Crippen LogP contribution is -2.36. The first-order valence-corrected chi connectivity index (χ1v) is 11.3. The van der Waals surface area contributed by atoms with Crippen molar-refractivity contribution in [3.8, 4) is 11.5 Å². The van der Waals surface area contributed by atoms with Crippen LogP contribution < -0.4 is 14.8 Å². The number of benzene rings is 1. The van der Waals surface area contributed by atoms with E-state index in [9.17, 15) is 9.59 Å². The van der Waals surface area contributed by atoms with Crippen molar-refractivity contribution in [1.29, 1.82) is 0 Å². The molecule has 0 radical (unpaired) electrons. The minimum atomic E-state index is -0.106. The second kappa shape index (κ2) is 9.17. The molecule has 0 unspecified atom stereocenters. The van der Waals surface area contributed by atoms with Crippen molar-refractivity contribution in [2.45, 2.75) is 51.0 Å². The Morgan fingerprint density at radius 3 is 2.86 bits per heavy atom. The Balaban J connectivity index is 1.29. The highest BCUT2D eigenvalue weighted by atomic mass is 32.2. The second-order valence-corrected chi connectivity index (χ2v) is 9.13. The summed E-state index contributed by atoms with van der Waals surface area (Å²) >= 11 is 6.68. The molecule has 1 aromatic carbocycles. The highest BCUT2D eigenvalue weighted by molar-refractivity contribution is 8.26. The molecule has 2 fully saturated rings. The first-order chi connectivity index (χ1) is 14.1. The summed E-state index contributed by atoms with van der Waals surface area (Å²) < 4.78 is 11.2. The lowest BCUT2D eigenvalue weighted by atomic mass is 9.95. The molecule has 1 aromatic rings. The summed E-state index contributed by atoms with van der Waals surface area (Å²) in [6, 6.07) is 5.89. The fraction of sp³-hybridized carbons (Fsp3) is 0.476. The summed E-state index contributed by atoms with van der Waals surface area (Å²) in [5.41, 5.74) is 0.863. The van der Waals surface area contributed by atoms with E-state index in [0.717, 1.165) is 18.4 Å². The number of hydrogen-bond donors (Lipinski definition) is 1. The zero-order valence-corrected chi connectivity index (χ0v) is 17.8. The molecule has 6 nitrogen and oxygen atoms in total. The number of amides is 2. The highest BCUT2D eigenvalue weighted by Crippen LogP contribution is 2.36. The average molecular weight is 433 g/mol.